The second-order valence-corrected chi connectivity index (χ2v) is 7.09. The van der Waals surface area contributed by atoms with E-state index < -0.39 is 0 Å². The third-order valence-electron chi connectivity index (χ3n) is 4.19. The van der Waals surface area contributed by atoms with E-state index in [-0.39, 0.29) is 30.1 Å². The normalized spacial score (nSPS) is 16.7. The first-order valence-corrected chi connectivity index (χ1v) is 10.1. The average molecular weight is 505 g/mol. The van der Waals surface area contributed by atoms with Crippen molar-refractivity contribution >= 4 is 29.9 Å². The Labute approximate surface area is 186 Å². The first-order valence-electron chi connectivity index (χ1n) is 10.1. The Morgan fingerprint density at radius 2 is 2.04 bits per heavy atom. The number of nitrogens with one attached hydrogen (secondary N) is 2. The summed E-state index contributed by atoms with van der Waals surface area (Å²) in [6.45, 7) is 11.7. The molecule has 1 aromatic carbocycles. The Morgan fingerprint density at radius 1 is 1.25 bits per heavy atom. The number of benzene rings is 1. The topological polar surface area (TPSA) is 64.1 Å². The number of hydrogen-bond acceptors (Lipinski definition) is 4. The van der Waals surface area contributed by atoms with Crippen LogP contribution in [0.1, 0.15) is 39.2 Å². The molecule has 1 heterocycles. The fourth-order valence-electron chi connectivity index (χ4n) is 2.80. The number of nitrogens with zero attached hydrogens (tertiary/aromatic N) is 1. The summed E-state index contributed by atoms with van der Waals surface area (Å²) in [5.74, 6) is 2.31. The summed E-state index contributed by atoms with van der Waals surface area (Å²) in [6, 6.07) is 8.12. The van der Waals surface area contributed by atoms with Crippen LogP contribution in [0.25, 0.3) is 0 Å². The molecule has 1 saturated heterocycles. The van der Waals surface area contributed by atoms with Gasteiger partial charge in [-0.1, -0.05) is 12.1 Å². The molecule has 6 nitrogen and oxygen atoms in total. The van der Waals surface area contributed by atoms with Crippen molar-refractivity contribution in [2.75, 3.05) is 39.5 Å². The first kappa shape index (κ1) is 25.0. The van der Waals surface area contributed by atoms with Gasteiger partial charge in [-0.05, 0) is 51.3 Å². The number of guanidine groups is 1. The quantitative estimate of drug-likeness (QED) is 0.208. The molecule has 0 radical (unpaired) electrons. The first-order chi connectivity index (χ1) is 13.2. The van der Waals surface area contributed by atoms with Crippen LogP contribution in [0.3, 0.4) is 0 Å². The number of aliphatic imine (C=N–C) groups is 1. The van der Waals surface area contributed by atoms with Gasteiger partial charge in [0.1, 0.15) is 5.75 Å². The molecule has 160 valence electrons. The van der Waals surface area contributed by atoms with E-state index in [1.807, 2.05) is 26.0 Å². The van der Waals surface area contributed by atoms with Crippen molar-refractivity contribution in [1.29, 1.82) is 0 Å². The highest BCUT2D eigenvalue weighted by Crippen LogP contribution is 2.14. The van der Waals surface area contributed by atoms with Crippen molar-refractivity contribution in [3.05, 3.63) is 29.8 Å². The molecular formula is C21H36IN3O3. The summed E-state index contributed by atoms with van der Waals surface area (Å²) in [5, 5.41) is 6.65. The predicted molar refractivity (Wildman–Crippen MR) is 125 cm³/mol. The molecule has 1 aliphatic heterocycles. The second kappa shape index (κ2) is 14.9. The summed E-state index contributed by atoms with van der Waals surface area (Å²) in [6.07, 6.45) is 2.27. The van der Waals surface area contributed by atoms with Gasteiger partial charge in [0.15, 0.2) is 5.96 Å². The fraction of sp³-hybridized carbons (Fsp3) is 0.667. The van der Waals surface area contributed by atoms with E-state index >= 15 is 0 Å². The van der Waals surface area contributed by atoms with E-state index in [1.54, 1.807) is 0 Å². The highest BCUT2D eigenvalue weighted by Gasteiger charge is 2.15. The minimum absolute atomic E-state index is 0. The molecule has 0 aliphatic carbocycles. The minimum atomic E-state index is 0. The smallest absolute Gasteiger partial charge is 0.191 e. The molecule has 1 aromatic rings. The zero-order valence-corrected chi connectivity index (χ0v) is 19.7. The third kappa shape index (κ3) is 10.5. The van der Waals surface area contributed by atoms with E-state index in [9.17, 15) is 0 Å². The number of ether oxygens (including phenoxy) is 3. The van der Waals surface area contributed by atoms with Crippen molar-refractivity contribution in [3.63, 3.8) is 0 Å². The Morgan fingerprint density at radius 3 is 2.68 bits per heavy atom. The van der Waals surface area contributed by atoms with Crippen LogP contribution in [0.2, 0.25) is 0 Å². The summed E-state index contributed by atoms with van der Waals surface area (Å²) in [4.78, 5) is 4.65. The number of rotatable bonds is 11. The molecule has 7 heteroatoms. The molecule has 0 amide bonds. The highest BCUT2D eigenvalue weighted by atomic mass is 127. The predicted octanol–water partition coefficient (Wildman–Crippen LogP) is 3.59. The Kier molecular flexibility index (Phi) is 13.3. The van der Waals surface area contributed by atoms with Gasteiger partial charge >= 0.3 is 0 Å². The molecule has 0 aromatic heterocycles. The molecule has 0 bridgehead atoms. The average Bonchev–Trinajstić information content (AvgIpc) is 3.16. The van der Waals surface area contributed by atoms with E-state index in [2.05, 4.69) is 34.7 Å². The lowest BCUT2D eigenvalue weighted by molar-refractivity contribution is 0.0888. The molecule has 1 atom stereocenters. The summed E-state index contributed by atoms with van der Waals surface area (Å²) < 4.78 is 16.8. The minimum Gasteiger partial charge on any atom is -0.491 e. The maximum absolute atomic E-state index is 5.74. The van der Waals surface area contributed by atoms with Gasteiger partial charge in [0.05, 0.1) is 25.9 Å². The zero-order chi connectivity index (χ0) is 19.3. The molecule has 1 fully saturated rings. The van der Waals surface area contributed by atoms with Gasteiger partial charge < -0.3 is 24.8 Å². The number of hydrogen-bond donors (Lipinski definition) is 2. The molecule has 28 heavy (non-hydrogen) atoms. The maximum Gasteiger partial charge on any atom is 0.191 e. The van der Waals surface area contributed by atoms with Crippen molar-refractivity contribution < 1.29 is 14.2 Å². The molecule has 0 spiro atoms. The molecule has 2 N–H and O–H groups in total. The van der Waals surface area contributed by atoms with Crippen LogP contribution in [0.4, 0.5) is 0 Å². The van der Waals surface area contributed by atoms with Crippen molar-refractivity contribution in [2.24, 2.45) is 10.9 Å². The van der Waals surface area contributed by atoms with Crippen LogP contribution in [0.15, 0.2) is 29.3 Å². The van der Waals surface area contributed by atoms with Gasteiger partial charge in [-0.15, -0.1) is 24.0 Å². The summed E-state index contributed by atoms with van der Waals surface area (Å²) in [5.41, 5.74) is 1.16. The molecule has 1 aliphatic rings. The largest absolute Gasteiger partial charge is 0.491 e. The van der Waals surface area contributed by atoms with Crippen molar-refractivity contribution in [3.8, 4) is 5.75 Å². The highest BCUT2D eigenvalue weighted by molar-refractivity contribution is 14.0. The lowest BCUT2D eigenvalue weighted by Gasteiger charge is -2.13. The lowest BCUT2D eigenvalue weighted by atomic mass is 10.1. The van der Waals surface area contributed by atoms with Crippen LogP contribution in [0.5, 0.6) is 5.75 Å². The van der Waals surface area contributed by atoms with E-state index in [4.69, 9.17) is 14.2 Å². The lowest BCUT2D eigenvalue weighted by Crippen LogP contribution is -2.38. The Bertz CT molecular complexity index is 546. The SMILES string of the molecule is CCNC(=NCc1ccc(OC(C)C)cc1)NCCCOCC1CCOC1.I. The van der Waals surface area contributed by atoms with Crippen LogP contribution >= 0.6 is 24.0 Å². The van der Waals surface area contributed by atoms with Gasteiger partial charge in [-0.2, -0.15) is 0 Å². The Balaban J connectivity index is 0.00000392. The monoisotopic (exact) mass is 505 g/mol. The summed E-state index contributed by atoms with van der Waals surface area (Å²) >= 11 is 0. The Hall–Kier alpha value is -1.06. The maximum atomic E-state index is 5.74. The van der Waals surface area contributed by atoms with E-state index in [0.717, 1.165) is 69.6 Å². The standard InChI is InChI=1S/C21H35N3O3.HI/c1-4-22-21(23-11-5-12-25-15-19-10-13-26-16-19)24-14-18-6-8-20(9-7-18)27-17(2)3;/h6-9,17,19H,4-5,10-16H2,1-3H3,(H2,22,23,24);1H. The van der Waals surface area contributed by atoms with Gasteiger partial charge in [-0.3, -0.25) is 0 Å². The van der Waals surface area contributed by atoms with Gasteiger partial charge in [0.2, 0.25) is 0 Å². The van der Waals surface area contributed by atoms with Crippen LogP contribution in [-0.4, -0.2) is 51.6 Å². The van der Waals surface area contributed by atoms with Crippen LogP contribution in [-0.2, 0) is 16.0 Å². The van der Waals surface area contributed by atoms with Gasteiger partial charge in [0, 0.05) is 32.2 Å². The number of halogens is 1. The van der Waals surface area contributed by atoms with Crippen molar-refractivity contribution in [1.82, 2.24) is 10.6 Å². The summed E-state index contributed by atoms with van der Waals surface area (Å²) in [7, 11) is 0. The van der Waals surface area contributed by atoms with Crippen molar-refractivity contribution in [2.45, 2.75) is 46.3 Å². The molecular weight excluding hydrogens is 469 g/mol. The molecule has 0 saturated carbocycles. The van der Waals surface area contributed by atoms with E-state index in [0.29, 0.717) is 12.5 Å². The zero-order valence-electron chi connectivity index (χ0n) is 17.4. The fourth-order valence-corrected chi connectivity index (χ4v) is 2.80. The second-order valence-electron chi connectivity index (χ2n) is 7.09. The molecule has 1 unspecified atom stereocenters. The molecule has 2 rings (SSSR count). The third-order valence-corrected chi connectivity index (χ3v) is 4.19. The van der Waals surface area contributed by atoms with Crippen LogP contribution in [0, 0.1) is 5.92 Å². The van der Waals surface area contributed by atoms with Gasteiger partial charge in [-0.25, -0.2) is 4.99 Å². The van der Waals surface area contributed by atoms with Crippen LogP contribution < -0.4 is 15.4 Å². The van der Waals surface area contributed by atoms with E-state index in [1.165, 1.54) is 0 Å². The van der Waals surface area contributed by atoms with Gasteiger partial charge in [0.25, 0.3) is 0 Å².